The number of aryl methyl sites for hydroxylation is 1. The van der Waals surface area contributed by atoms with Crippen molar-refractivity contribution in [3.05, 3.63) is 72.0 Å². The summed E-state index contributed by atoms with van der Waals surface area (Å²) in [6, 6.07) is 18.0. The molecule has 0 aliphatic rings. The maximum atomic E-state index is 12.3. The molecule has 26 heavy (non-hydrogen) atoms. The molecular formula is C20H19N3O3. The number of amides is 2. The van der Waals surface area contributed by atoms with Crippen LogP contribution >= 0.6 is 0 Å². The zero-order chi connectivity index (χ0) is 18.5. The molecule has 3 rings (SSSR count). The first-order valence-corrected chi connectivity index (χ1v) is 8.23. The van der Waals surface area contributed by atoms with Crippen LogP contribution in [0.15, 0.2) is 65.2 Å². The van der Waals surface area contributed by atoms with Crippen molar-refractivity contribution in [2.45, 2.75) is 19.9 Å². The molecule has 0 spiro atoms. The normalized spacial score (nSPS) is 11.6. The van der Waals surface area contributed by atoms with Crippen molar-refractivity contribution in [2.24, 2.45) is 0 Å². The average molecular weight is 349 g/mol. The Labute approximate surface area is 151 Å². The Kier molecular flexibility index (Phi) is 5.12. The summed E-state index contributed by atoms with van der Waals surface area (Å²) in [6.45, 7) is 3.34. The van der Waals surface area contributed by atoms with Crippen LogP contribution in [0.3, 0.4) is 0 Å². The second-order valence-corrected chi connectivity index (χ2v) is 5.95. The van der Waals surface area contributed by atoms with Gasteiger partial charge in [-0.2, -0.15) is 0 Å². The van der Waals surface area contributed by atoms with Crippen LogP contribution in [0.1, 0.15) is 23.0 Å². The minimum atomic E-state index is -0.715. The molecule has 0 aliphatic heterocycles. The number of nitrogens with zero attached hydrogens (tertiary/aromatic N) is 1. The predicted molar refractivity (Wildman–Crippen MR) is 98.7 cm³/mol. The molecule has 1 heterocycles. The minimum absolute atomic E-state index is 0.316. The molecule has 1 aromatic heterocycles. The quantitative estimate of drug-likeness (QED) is 0.739. The second-order valence-electron chi connectivity index (χ2n) is 5.95. The summed E-state index contributed by atoms with van der Waals surface area (Å²) in [5.74, 6) is 0.229. The molecule has 6 nitrogen and oxygen atoms in total. The van der Waals surface area contributed by atoms with E-state index in [0.29, 0.717) is 17.1 Å². The molecule has 0 radical (unpaired) electrons. The maximum absolute atomic E-state index is 12.3. The van der Waals surface area contributed by atoms with Gasteiger partial charge in [0.15, 0.2) is 5.82 Å². The number of carbonyl (C=O) groups excluding carboxylic acids is 2. The Hall–Kier alpha value is -3.41. The number of aromatic nitrogens is 1. The first-order valence-electron chi connectivity index (χ1n) is 8.23. The van der Waals surface area contributed by atoms with Gasteiger partial charge in [-0.1, -0.05) is 47.6 Å². The van der Waals surface area contributed by atoms with Crippen molar-refractivity contribution in [1.82, 2.24) is 10.5 Å². The number of hydrogen-bond acceptors (Lipinski definition) is 4. The highest BCUT2D eigenvalue weighted by Gasteiger charge is 2.18. The summed E-state index contributed by atoms with van der Waals surface area (Å²) in [5.41, 5.74) is 2.59. The molecule has 6 heteroatoms. The molecule has 0 bridgehead atoms. The summed E-state index contributed by atoms with van der Waals surface area (Å²) >= 11 is 0. The van der Waals surface area contributed by atoms with E-state index in [-0.39, 0.29) is 11.8 Å². The lowest BCUT2D eigenvalue weighted by molar-refractivity contribution is -0.117. The Morgan fingerprint density at radius 2 is 1.65 bits per heavy atom. The average Bonchev–Trinajstić information content (AvgIpc) is 3.07. The van der Waals surface area contributed by atoms with Gasteiger partial charge in [-0.3, -0.25) is 9.59 Å². The first kappa shape index (κ1) is 17.4. The summed E-state index contributed by atoms with van der Waals surface area (Å²) in [4.78, 5) is 24.5. The molecule has 2 aromatic carbocycles. The van der Waals surface area contributed by atoms with E-state index >= 15 is 0 Å². The van der Waals surface area contributed by atoms with E-state index in [4.69, 9.17) is 4.52 Å². The largest absolute Gasteiger partial charge is 0.360 e. The van der Waals surface area contributed by atoms with Crippen molar-refractivity contribution in [2.75, 3.05) is 5.32 Å². The maximum Gasteiger partial charge on any atom is 0.251 e. The van der Waals surface area contributed by atoms with Gasteiger partial charge in [-0.05, 0) is 37.1 Å². The molecule has 132 valence electrons. The Balaban J connectivity index is 1.61. The SMILES string of the molecule is Cc1cc(NC(=O)[C@@H](C)NC(=O)c2ccc(-c3ccccc3)cc2)no1. The molecule has 2 amide bonds. The topological polar surface area (TPSA) is 84.2 Å². The van der Waals surface area contributed by atoms with Crippen molar-refractivity contribution in [3.63, 3.8) is 0 Å². The van der Waals surface area contributed by atoms with Gasteiger partial charge in [0.2, 0.25) is 5.91 Å². The highest BCUT2D eigenvalue weighted by Crippen LogP contribution is 2.19. The summed E-state index contributed by atoms with van der Waals surface area (Å²) in [7, 11) is 0. The Bertz CT molecular complexity index is 902. The molecule has 0 saturated heterocycles. The number of hydrogen-bond donors (Lipinski definition) is 2. The van der Waals surface area contributed by atoms with Crippen molar-refractivity contribution >= 4 is 17.6 Å². The van der Waals surface area contributed by atoms with Gasteiger partial charge in [0.1, 0.15) is 11.8 Å². The van der Waals surface area contributed by atoms with Crippen LogP contribution in [0.2, 0.25) is 0 Å². The zero-order valence-electron chi connectivity index (χ0n) is 14.5. The molecule has 3 aromatic rings. The number of benzene rings is 2. The van der Waals surface area contributed by atoms with Crippen molar-refractivity contribution in [1.29, 1.82) is 0 Å². The summed E-state index contributed by atoms with van der Waals surface area (Å²) < 4.78 is 4.89. The van der Waals surface area contributed by atoms with E-state index in [1.54, 1.807) is 32.0 Å². The highest BCUT2D eigenvalue weighted by molar-refractivity contribution is 6.00. The third-order valence-corrected chi connectivity index (χ3v) is 3.87. The lowest BCUT2D eigenvalue weighted by atomic mass is 10.0. The molecule has 0 unspecified atom stereocenters. The number of nitrogens with one attached hydrogen (secondary N) is 2. The van der Waals surface area contributed by atoms with Gasteiger partial charge in [-0.15, -0.1) is 0 Å². The van der Waals surface area contributed by atoms with Gasteiger partial charge >= 0.3 is 0 Å². The zero-order valence-corrected chi connectivity index (χ0v) is 14.5. The fourth-order valence-corrected chi connectivity index (χ4v) is 2.45. The Morgan fingerprint density at radius 1 is 1.00 bits per heavy atom. The van der Waals surface area contributed by atoms with Gasteiger partial charge in [0, 0.05) is 11.6 Å². The van der Waals surface area contributed by atoms with E-state index in [0.717, 1.165) is 11.1 Å². The molecule has 2 N–H and O–H groups in total. The lowest BCUT2D eigenvalue weighted by Gasteiger charge is -2.13. The predicted octanol–water partition coefficient (Wildman–Crippen LogP) is 3.41. The van der Waals surface area contributed by atoms with Crippen LogP contribution in [0, 0.1) is 6.92 Å². The van der Waals surface area contributed by atoms with Crippen molar-refractivity contribution < 1.29 is 14.1 Å². The molecule has 0 fully saturated rings. The first-order chi connectivity index (χ1) is 12.5. The van der Waals surface area contributed by atoms with Gasteiger partial charge < -0.3 is 15.2 Å². The van der Waals surface area contributed by atoms with Gasteiger partial charge in [-0.25, -0.2) is 0 Å². The van der Waals surface area contributed by atoms with E-state index in [1.165, 1.54) is 0 Å². The van der Waals surface area contributed by atoms with E-state index in [2.05, 4.69) is 15.8 Å². The number of anilines is 1. The van der Waals surface area contributed by atoms with Crippen LogP contribution in [-0.2, 0) is 4.79 Å². The van der Waals surface area contributed by atoms with Crippen molar-refractivity contribution in [3.8, 4) is 11.1 Å². The molecule has 1 atom stereocenters. The fraction of sp³-hybridized carbons (Fsp3) is 0.150. The fourth-order valence-electron chi connectivity index (χ4n) is 2.45. The highest BCUT2D eigenvalue weighted by atomic mass is 16.5. The van der Waals surface area contributed by atoms with E-state index in [1.807, 2.05) is 42.5 Å². The van der Waals surface area contributed by atoms with Crippen LogP contribution < -0.4 is 10.6 Å². The summed E-state index contributed by atoms with van der Waals surface area (Å²) in [6.07, 6.45) is 0. The Morgan fingerprint density at radius 3 is 2.27 bits per heavy atom. The lowest BCUT2D eigenvalue weighted by Crippen LogP contribution is -2.41. The van der Waals surface area contributed by atoms with Crippen LogP contribution in [-0.4, -0.2) is 23.0 Å². The van der Waals surface area contributed by atoms with Crippen LogP contribution in [0.4, 0.5) is 5.82 Å². The molecule has 0 aliphatic carbocycles. The smallest absolute Gasteiger partial charge is 0.251 e. The monoisotopic (exact) mass is 349 g/mol. The standard InChI is InChI=1S/C20H19N3O3/c1-13-12-18(23-26-13)22-19(24)14(2)21-20(25)17-10-8-16(9-11-17)15-6-4-3-5-7-15/h3-12,14H,1-2H3,(H,21,25)(H,22,23,24)/t14-/m1/s1. The minimum Gasteiger partial charge on any atom is -0.360 e. The van der Waals surface area contributed by atoms with Gasteiger partial charge in [0.05, 0.1) is 0 Å². The molecular weight excluding hydrogens is 330 g/mol. The van der Waals surface area contributed by atoms with Crippen LogP contribution in [0.25, 0.3) is 11.1 Å². The number of rotatable bonds is 5. The van der Waals surface area contributed by atoms with E-state index in [9.17, 15) is 9.59 Å². The third-order valence-electron chi connectivity index (χ3n) is 3.87. The van der Waals surface area contributed by atoms with Gasteiger partial charge in [0.25, 0.3) is 5.91 Å². The third kappa shape index (κ3) is 4.16. The summed E-state index contributed by atoms with van der Waals surface area (Å²) in [5, 5.41) is 8.96. The number of carbonyl (C=O) groups is 2. The molecule has 0 saturated carbocycles. The van der Waals surface area contributed by atoms with E-state index < -0.39 is 6.04 Å². The van der Waals surface area contributed by atoms with Crippen LogP contribution in [0.5, 0.6) is 0 Å². The second kappa shape index (κ2) is 7.65.